The Kier molecular flexibility index (Phi) is 6.39. The van der Waals surface area contributed by atoms with Gasteiger partial charge in [-0.15, -0.1) is 0 Å². The molecule has 154 valence electrons. The zero-order valence-electron chi connectivity index (χ0n) is 17.6. The summed E-state index contributed by atoms with van der Waals surface area (Å²) in [5.41, 5.74) is -1.29. The lowest BCUT2D eigenvalue weighted by molar-refractivity contribution is 0.0544. The maximum atomic E-state index is 12.2. The molecule has 2 heterocycles. The van der Waals surface area contributed by atoms with Crippen molar-refractivity contribution in [1.82, 2.24) is 15.5 Å². The van der Waals surface area contributed by atoms with E-state index in [1.807, 2.05) is 0 Å². The topological polar surface area (TPSA) is 92.3 Å². The summed E-state index contributed by atoms with van der Waals surface area (Å²) in [6.07, 6.45) is 2.83. The molecule has 0 spiro atoms. The van der Waals surface area contributed by atoms with E-state index in [9.17, 15) is 9.59 Å². The molecule has 8 nitrogen and oxygen atoms in total. The third-order valence-electron chi connectivity index (χ3n) is 4.62. The second-order valence-corrected chi connectivity index (χ2v) is 9.41. The fraction of sp³-hybridized carbons (Fsp3) is 0.842. The Bertz CT molecular complexity index is 545. The molecule has 0 aromatic carbocycles. The van der Waals surface area contributed by atoms with E-state index in [1.165, 1.54) is 12.8 Å². The van der Waals surface area contributed by atoms with Gasteiger partial charge in [-0.05, 0) is 74.3 Å². The van der Waals surface area contributed by atoms with Crippen LogP contribution in [0.15, 0.2) is 4.99 Å². The Morgan fingerprint density at radius 2 is 1.30 bits per heavy atom. The van der Waals surface area contributed by atoms with Gasteiger partial charge in [0.25, 0.3) is 0 Å². The van der Waals surface area contributed by atoms with Gasteiger partial charge in [-0.2, -0.15) is 0 Å². The maximum absolute atomic E-state index is 12.2. The van der Waals surface area contributed by atoms with Crippen molar-refractivity contribution in [1.29, 1.82) is 0 Å². The van der Waals surface area contributed by atoms with Crippen molar-refractivity contribution in [2.75, 3.05) is 7.05 Å². The normalized spacial score (nSPS) is 25.5. The van der Waals surface area contributed by atoms with Gasteiger partial charge in [-0.3, -0.25) is 10.6 Å². The van der Waals surface area contributed by atoms with Crippen molar-refractivity contribution in [3.63, 3.8) is 0 Å². The molecule has 8 heteroatoms. The van der Waals surface area contributed by atoms with Crippen molar-refractivity contribution in [2.45, 2.75) is 96.6 Å². The number of aliphatic imine (C=N–C) groups is 1. The lowest BCUT2D eigenvalue weighted by Gasteiger charge is -2.34. The first-order chi connectivity index (χ1) is 12.3. The number of piperidine rings is 1. The van der Waals surface area contributed by atoms with Crippen molar-refractivity contribution in [3.8, 4) is 0 Å². The van der Waals surface area contributed by atoms with Crippen LogP contribution in [0.25, 0.3) is 0 Å². The number of carbonyl (C=O) groups is 2. The van der Waals surface area contributed by atoms with Crippen LogP contribution in [0.5, 0.6) is 0 Å². The van der Waals surface area contributed by atoms with Gasteiger partial charge in [0.05, 0.1) is 6.04 Å². The van der Waals surface area contributed by atoms with Crippen molar-refractivity contribution in [2.24, 2.45) is 4.99 Å². The molecule has 27 heavy (non-hydrogen) atoms. The number of hydrogen-bond acceptors (Lipinski definition) is 6. The standard InChI is InChI=1S/C19H34N4O4/c1-18(2,3)26-16(24)21-15(22-17(25)27-19(4,5)6)20-12-10-13-8-9-14(11-12)23(13)7/h12-14H,8-11H2,1-7H3,(H2,20,21,22,24,25)/t12?,13-,14+. The van der Waals surface area contributed by atoms with Crippen molar-refractivity contribution in [3.05, 3.63) is 0 Å². The van der Waals surface area contributed by atoms with Gasteiger partial charge < -0.3 is 14.4 Å². The monoisotopic (exact) mass is 382 g/mol. The van der Waals surface area contributed by atoms with E-state index in [-0.39, 0.29) is 12.0 Å². The zero-order chi connectivity index (χ0) is 20.4. The molecule has 0 saturated carbocycles. The predicted octanol–water partition coefficient (Wildman–Crippen LogP) is 3.02. The predicted molar refractivity (Wildman–Crippen MR) is 104 cm³/mol. The van der Waals surface area contributed by atoms with Gasteiger partial charge in [0.2, 0.25) is 5.96 Å². The number of alkyl carbamates (subject to hydrolysis) is 2. The molecule has 0 aromatic rings. The first-order valence-electron chi connectivity index (χ1n) is 9.62. The Morgan fingerprint density at radius 1 is 0.889 bits per heavy atom. The lowest BCUT2D eigenvalue weighted by Crippen LogP contribution is -2.49. The summed E-state index contributed by atoms with van der Waals surface area (Å²) >= 11 is 0. The first kappa shape index (κ1) is 21.5. The quantitative estimate of drug-likeness (QED) is 0.537. The molecule has 2 rings (SSSR count). The highest BCUT2D eigenvalue weighted by Crippen LogP contribution is 2.35. The van der Waals surface area contributed by atoms with E-state index in [4.69, 9.17) is 9.47 Å². The third kappa shape index (κ3) is 7.01. The molecule has 2 N–H and O–H groups in total. The minimum Gasteiger partial charge on any atom is -0.444 e. The van der Waals surface area contributed by atoms with Gasteiger partial charge in [0.15, 0.2) is 0 Å². The minimum absolute atomic E-state index is 0.0403. The highest BCUT2D eigenvalue weighted by Gasteiger charge is 2.38. The van der Waals surface area contributed by atoms with E-state index >= 15 is 0 Å². The molecule has 2 fully saturated rings. The number of nitrogens with one attached hydrogen (secondary N) is 2. The molecular weight excluding hydrogens is 348 g/mol. The molecule has 2 amide bonds. The van der Waals surface area contributed by atoms with Gasteiger partial charge in [0.1, 0.15) is 11.2 Å². The summed E-state index contributed by atoms with van der Waals surface area (Å²) in [4.78, 5) is 31.3. The summed E-state index contributed by atoms with van der Waals surface area (Å²) in [7, 11) is 2.15. The van der Waals surface area contributed by atoms with Crippen LogP contribution < -0.4 is 10.6 Å². The van der Waals surface area contributed by atoms with E-state index in [2.05, 4.69) is 27.6 Å². The molecule has 0 aliphatic carbocycles. The minimum atomic E-state index is -0.659. The van der Waals surface area contributed by atoms with Crippen LogP contribution >= 0.6 is 0 Å². The van der Waals surface area contributed by atoms with Gasteiger partial charge >= 0.3 is 12.2 Å². The number of amides is 2. The Morgan fingerprint density at radius 3 is 1.67 bits per heavy atom. The fourth-order valence-corrected chi connectivity index (χ4v) is 3.57. The fourth-order valence-electron chi connectivity index (χ4n) is 3.57. The smallest absolute Gasteiger partial charge is 0.414 e. The lowest BCUT2D eigenvalue weighted by atomic mass is 9.99. The summed E-state index contributed by atoms with van der Waals surface area (Å²) in [5.74, 6) is 0.0763. The number of rotatable bonds is 1. The maximum Gasteiger partial charge on any atom is 0.414 e. The number of ether oxygens (including phenoxy) is 2. The number of hydrogen-bond donors (Lipinski definition) is 2. The van der Waals surface area contributed by atoms with Crippen molar-refractivity contribution < 1.29 is 19.1 Å². The highest BCUT2D eigenvalue weighted by molar-refractivity contribution is 6.01. The largest absolute Gasteiger partial charge is 0.444 e. The van der Waals surface area contributed by atoms with E-state index in [0.717, 1.165) is 12.8 Å². The van der Waals surface area contributed by atoms with Crippen LogP contribution in [0.1, 0.15) is 67.2 Å². The molecule has 2 bridgehead atoms. The van der Waals surface area contributed by atoms with Crippen LogP contribution in [0.2, 0.25) is 0 Å². The molecule has 2 saturated heterocycles. The van der Waals surface area contributed by atoms with Gasteiger partial charge in [0, 0.05) is 12.1 Å². The van der Waals surface area contributed by atoms with E-state index in [0.29, 0.717) is 12.1 Å². The highest BCUT2D eigenvalue weighted by atomic mass is 16.6. The van der Waals surface area contributed by atoms with Crippen LogP contribution in [-0.4, -0.2) is 59.4 Å². The summed E-state index contributed by atoms with van der Waals surface area (Å²) < 4.78 is 10.6. The summed E-state index contributed by atoms with van der Waals surface area (Å²) in [5, 5.41) is 5.12. The molecule has 1 unspecified atom stereocenters. The number of fused-ring (bicyclic) bond motifs is 2. The SMILES string of the molecule is CN1[C@@H]2CC[C@H]1CC(N=C(NC(=O)OC(C)(C)C)NC(=O)OC(C)(C)C)C2. The molecule has 3 atom stereocenters. The Balaban J connectivity index is 2.08. The molecule has 0 radical (unpaired) electrons. The van der Waals surface area contributed by atoms with Crippen molar-refractivity contribution >= 4 is 18.1 Å². The average Bonchev–Trinajstić information content (AvgIpc) is 2.65. The van der Waals surface area contributed by atoms with E-state index < -0.39 is 23.4 Å². The van der Waals surface area contributed by atoms with Crippen LogP contribution in [0.4, 0.5) is 9.59 Å². The Hall–Kier alpha value is -1.83. The average molecular weight is 383 g/mol. The number of guanidine groups is 1. The second kappa shape index (κ2) is 8.04. The molecule has 2 aliphatic heterocycles. The van der Waals surface area contributed by atoms with Crippen LogP contribution in [0, 0.1) is 0 Å². The van der Waals surface area contributed by atoms with Gasteiger partial charge in [-0.1, -0.05) is 0 Å². The van der Waals surface area contributed by atoms with Gasteiger partial charge in [-0.25, -0.2) is 14.6 Å². The first-order valence-corrected chi connectivity index (χ1v) is 9.62. The Labute approximate surface area is 162 Å². The summed E-state index contributed by atoms with van der Waals surface area (Å²) in [6.45, 7) is 10.7. The number of nitrogens with zero attached hydrogens (tertiary/aromatic N) is 2. The second-order valence-electron chi connectivity index (χ2n) is 9.41. The molecule has 0 aromatic heterocycles. The van der Waals surface area contributed by atoms with E-state index in [1.54, 1.807) is 41.5 Å². The molecule has 2 aliphatic rings. The third-order valence-corrected chi connectivity index (χ3v) is 4.62. The summed E-state index contributed by atoms with van der Waals surface area (Å²) in [6, 6.07) is 1.04. The van der Waals surface area contributed by atoms with Crippen LogP contribution in [0.3, 0.4) is 0 Å². The van der Waals surface area contributed by atoms with Crippen LogP contribution in [-0.2, 0) is 9.47 Å². The zero-order valence-corrected chi connectivity index (χ0v) is 17.6. The number of carbonyl (C=O) groups excluding carboxylic acids is 2. The molecular formula is C19H34N4O4.